The Morgan fingerprint density at radius 3 is 2.37 bits per heavy atom. The first-order valence-corrected chi connectivity index (χ1v) is 7.36. The van der Waals surface area contributed by atoms with E-state index >= 15 is 0 Å². The minimum atomic E-state index is 0.915. The SMILES string of the molecule is C=BC.COCCCCCCCc1cccc(C)c1. The molecule has 0 spiro atoms. The summed E-state index contributed by atoms with van der Waals surface area (Å²) in [5.74, 6) is 0. The molecule has 0 aromatic heterocycles. The Kier molecular flexibility index (Phi) is 12.9. The third-order valence-electron chi connectivity index (χ3n) is 2.90. The molecule has 0 aliphatic carbocycles. The van der Waals surface area contributed by atoms with Crippen LogP contribution in [0.15, 0.2) is 24.3 Å². The van der Waals surface area contributed by atoms with E-state index in [2.05, 4.69) is 37.7 Å². The Balaban J connectivity index is 0.000000982. The van der Waals surface area contributed by atoms with Gasteiger partial charge in [-0.25, -0.2) is 0 Å². The van der Waals surface area contributed by atoms with Gasteiger partial charge in [0.25, 0.3) is 0 Å². The van der Waals surface area contributed by atoms with Gasteiger partial charge in [-0.3, -0.25) is 0 Å². The van der Waals surface area contributed by atoms with Crippen molar-refractivity contribution < 1.29 is 4.74 Å². The summed E-state index contributed by atoms with van der Waals surface area (Å²) in [6, 6.07) is 8.85. The van der Waals surface area contributed by atoms with Crippen molar-refractivity contribution in [2.75, 3.05) is 13.7 Å². The molecule has 0 N–H and O–H groups in total. The molecule has 1 nitrogen and oxygen atoms in total. The molecule has 0 bridgehead atoms. The minimum absolute atomic E-state index is 0.915. The van der Waals surface area contributed by atoms with E-state index in [9.17, 15) is 0 Å². The second kappa shape index (κ2) is 13.5. The van der Waals surface area contributed by atoms with E-state index in [0.717, 1.165) is 6.61 Å². The molecule has 0 aliphatic heterocycles. The monoisotopic (exact) mass is 260 g/mol. The molecular formula is C17H29BO. The molecule has 0 heterocycles. The molecule has 0 saturated carbocycles. The predicted molar refractivity (Wildman–Crippen MR) is 88.6 cm³/mol. The van der Waals surface area contributed by atoms with Gasteiger partial charge in [0.2, 0.25) is 0 Å². The normalized spacial score (nSPS) is 9.42. The number of benzene rings is 1. The fraction of sp³-hybridized carbons (Fsp3) is 0.588. The van der Waals surface area contributed by atoms with Crippen molar-refractivity contribution in [2.45, 2.75) is 52.3 Å². The van der Waals surface area contributed by atoms with Crippen molar-refractivity contribution in [3.8, 4) is 0 Å². The maximum atomic E-state index is 5.03. The van der Waals surface area contributed by atoms with Crippen LogP contribution >= 0.6 is 0 Å². The van der Waals surface area contributed by atoms with Gasteiger partial charge >= 0.3 is 20.2 Å². The van der Waals surface area contributed by atoms with E-state index in [4.69, 9.17) is 4.74 Å². The summed E-state index contributed by atoms with van der Waals surface area (Å²) in [5.41, 5.74) is 2.86. The molecule has 0 saturated heterocycles. The van der Waals surface area contributed by atoms with E-state index in [-0.39, 0.29) is 0 Å². The van der Waals surface area contributed by atoms with E-state index in [1.54, 1.807) is 14.0 Å². The quantitative estimate of drug-likeness (QED) is 0.500. The molecule has 0 aliphatic rings. The third kappa shape index (κ3) is 11.9. The van der Waals surface area contributed by atoms with E-state index in [1.807, 2.05) is 6.82 Å². The van der Waals surface area contributed by atoms with Gasteiger partial charge in [-0.1, -0.05) is 49.1 Å². The number of rotatable bonds is 8. The number of aryl methyl sites for hydroxylation is 2. The summed E-state index contributed by atoms with van der Waals surface area (Å²) >= 11 is 0. The Morgan fingerprint density at radius 2 is 1.74 bits per heavy atom. The smallest absolute Gasteiger partial charge is 0.0462 e. The van der Waals surface area contributed by atoms with Crippen LogP contribution in [0.3, 0.4) is 0 Å². The number of hydrogen-bond donors (Lipinski definition) is 0. The summed E-state index contributed by atoms with van der Waals surface area (Å²) in [7, 11) is 1.78. The van der Waals surface area contributed by atoms with Crippen LogP contribution in [0.1, 0.15) is 43.2 Å². The molecule has 1 rings (SSSR count). The van der Waals surface area contributed by atoms with Crippen molar-refractivity contribution >= 4 is 13.4 Å². The Labute approximate surface area is 120 Å². The van der Waals surface area contributed by atoms with Crippen LogP contribution in [-0.2, 0) is 11.2 Å². The van der Waals surface area contributed by atoms with Crippen molar-refractivity contribution in [3.05, 3.63) is 35.4 Å². The first kappa shape index (κ1) is 18.1. The van der Waals surface area contributed by atoms with Gasteiger partial charge in [0, 0.05) is 13.7 Å². The average Bonchev–Trinajstić information content (AvgIpc) is 2.39. The van der Waals surface area contributed by atoms with Crippen LogP contribution in [0.5, 0.6) is 0 Å². The van der Waals surface area contributed by atoms with Crippen LogP contribution in [-0.4, -0.2) is 27.1 Å². The van der Waals surface area contributed by atoms with Crippen LogP contribution in [0, 0.1) is 6.92 Å². The predicted octanol–water partition coefficient (Wildman–Crippen LogP) is 4.31. The molecule has 1 aromatic rings. The molecule has 0 fully saturated rings. The molecule has 19 heavy (non-hydrogen) atoms. The van der Waals surface area contributed by atoms with Gasteiger partial charge < -0.3 is 4.74 Å². The van der Waals surface area contributed by atoms with Crippen LogP contribution in [0.4, 0.5) is 0 Å². The van der Waals surface area contributed by atoms with Crippen molar-refractivity contribution in [3.63, 3.8) is 0 Å². The molecule has 2 heteroatoms. The summed E-state index contributed by atoms with van der Waals surface area (Å²) in [5, 5.41) is 0. The number of unbranched alkanes of at least 4 members (excludes halogenated alkanes) is 4. The largest absolute Gasteiger partial charge is 0.385 e. The molecule has 106 valence electrons. The van der Waals surface area contributed by atoms with Gasteiger partial charge in [0.1, 0.15) is 0 Å². The fourth-order valence-corrected chi connectivity index (χ4v) is 1.97. The minimum Gasteiger partial charge on any atom is -0.385 e. The first-order valence-electron chi connectivity index (χ1n) is 7.36. The Hall–Kier alpha value is -0.885. The number of methoxy groups -OCH3 is 1. The Bertz CT molecular complexity index is 323. The summed E-state index contributed by atoms with van der Waals surface area (Å²) < 4.78 is 5.03. The zero-order valence-corrected chi connectivity index (χ0v) is 13.0. The molecular weight excluding hydrogens is 231 g/mol. The van der Waals surface area contributed by atoms with Crippen LogP contribution in [0.25, 0.3) is 0 Å². The average molecular weight is 260 g/mol. The molecule has 0 amide bonds. The van der Waals surface area contributed by atoms with E-state index < -0.39 is 0 Å². The van der Waals surface area contributed by atoms with E-state index in [0.29, 0.717) is 0 Å². The van der Waals surface area contributed by atoms with Gasteiger partial charge in [-0.15, -0.1) is 0 Å². The summed E-state index contributed by atoms with van der Waals surface area (Å²) in [4.78, 5) is 0. The third-order valence-corrected chi connectivity index (χ3v) is 2.90. The first-order chi connectivity index (χ1) is 9.24. The van der Waals surface area contributed by atoms with Crippen molar-refractivity contribution in [2.24, 2.45) is 0 Å². The van der Waals surface area contributed by atoms with E-state index in [1.165, 1.54) is 49.7 Å². The summed E-state index contributed by atoms with van der Waals surface area (Å²) in [6.45, 7) is 10.1. The molecule has 0 atom stereocenters. The van der Waals surface area contributed by atoms with Crippen molar-refractivity contribution in [1.29, 1.82) is 0 Å². The second-order valence-corrected chi connectivity index (χ2v) is 4.91. The summed E-state index contributed by atoms with van der Waals surface area (Å²) in [6.07, 6.45) is 7.75. The maximum Gasteiger partial charge on any atom is 0.0462 e. The number of ether oxygens (including phenoxy) is 1. The second-order valence-electron chi connectivity index (χ2n) is 4.91. The van der Waals surface area contributed by atoms with Gasteiger partial charge in [0.15, 0.2) is 0 Å². The van der Waals surface area contributed by atoms with Crippen LogP contribution in [0.2, 0.25) is 6.82 Å². The van der Waals surface area contributed by atoms with Gasteiger partial charge in [-0.05, 0) is 31.7 Å². The maximum absolute atomic E-state index is 5.03. The zero-order chi connectivity index (χ0) is 14.3. The zero-order valence-electron chi connectivity index (χ0n) is 13.0. The number of hydrogen-bond acceptors (Lipinski definition) is 1. The van der Waals surface area contributed by atoms with Crippen LogP contribution < -0.4 is 0 Å². The topological polar surface area (TPSA) is 9.23 Å². The van der Waals surface area contributed by atoms with Gasteiger partial charge in [0.05, 0.1) is 0 Å². The molecule has 0 unspecified atom stereocenters. The molecule has 0 radical (unpaired) electrons. The standard InChI is InChI=1S/C15H24O.C2H5B/c1-14-9-8-11-15(13-14)10-6-4-3-5-7-12-16-2;1-3-2/h8-9,11,13H,3-7,10,12H2,1-2H3;1H2,2H3. The fourth-order valence-electron chi connectivity index (χ4n) is 1.97. The van der Waals surface area contributed by atoms with Gasteiger partial charge in [-0.2, -0.15) is 0 Å². The van der Waals surface area contributed by atoms with Crippen molar-refractivity contribution in [1.82, 2.24) is 0 Å². The molecule has 1 aromatic carbocycles. The Morgan fingerprint density at radius 1 is 1.11 bits per heavy atom.